The normalized spacial score (nSPS) is 15.1. The Morgan fingerprint density at radius 2 is 2.08 bits per heavy atom. The number of likely N-dealkylation sites (N-methyl/N-ethyl adjacent to an activating group) is 1. The summed E-state index contributed by atoms with van der Waals surface area (Å²) in [6, 6.07) is 0.109. The van der Waals surface area contributed by atoms with Crippen LogP contribution in [-0.4, -0.2) is 24.0 Å². The van der Waals surface area contributed by atoms with Crippen molar-refractivity contribution in [1.82, 2.24) is 4.90 Å². The number of hydrogen-bond acceptors (Lipinski definition) is 2. The number of allylic oxidation sites excluding steroid dienone is 4. The van der Waals surface area contributed by atoms with Crippen LogP contribution in [0.4, 0.5) is 4.39 Å². The highest BCUT2D eigenvalue weighted by molar-refractivity contribution is 5.28. The average molecular weight is 347 g/mol. The fourth-order valence-electron chi connectivity index (χ4n) is 2.84. The van der Waals surface area contributed by atoms with Crippen molar-refractivity contribution in [2.75, 3.05) is 13.1 Å². The molecule has 0 radical (unpaired) electrons. The first-order valence-electron chi connectivity index (χ1n) is 9.22. The van der Waals surface area contributed by atoms with E-state index in [9.17, 15) is 4.39 Å². The van der Waals surface area contributed by atoms with Crippen molar-refractivity contribution in [3.05, 3.63) is 48.0 Å². The lowest BCUT2D eigenvalue weighted by molar-refractivity contribution is 0.299. The lowest BCUT2D eigenvalue weighted by atomic mass is 9.96. The summed E-state index contributed by atoms with van der Waals surface area (Å²) in [5.74, 6) is 2.65. The van der Waals surface area contributed by atoms with Crippen molar-refractivity contribution in [3.8, 4) is 12.3 Å². The van der Waals surface area contributed by atoms with E-state index in [0.717, 1.165) is 25.7 Å². The molecule has 0 fully saturated rings. The van der Waals surface area contributed by atoms with Gasteiger partial charge < -0.3 is 10.6 Å². The van der Waals surface area contributed by atoms with Gasteiger partial charge in [0.1, 0.15) is 5.83 Å². The molecule has 0 aliphatic heterocycles. The van der Waals surface area contributed by atoms with Gasteiger partial charge in [0.15, 0.2) is 0 Å². The predicted octanol–water partition coefficient (Wildman–Crippen LogP) is 5.35. The zero-order valence-corrected chi connectivity index (χ0v) is 16.4. The fourth-order valence-corrected chi connectivity index (χ4v) is 2.84. The molecule has 140 valence electrons. The molecule has 0 aromatic rings. The second-order valence-corrected chi connectivity index (χ2v) is 6.25. The number of hydrogen-bond donors (Lipinski definition) is 1. The van der Waals surface area contributed by atoms with E-state index < -0.39 is 5.83 Å². The molecule has 0 saturated carbocycles. The molecule has 2 N–H and O–H groups in total. The van der Waals surface area contributed by atoms with Gasteiger partial charge in [-0.2, -0.15) is 0 Å². The first-order valence-corrected chi connectivity index (χ1v) is 9.22. The molecule has 0 aliphatic rings. The maximum Gasteiger partial charge on any atom is 0.139 e. The van der Waals surface area contributed by atoms with Crippen molar-refractivity contribution in [1.29, 1.82) is 0 Å². The molecular weight excluding hydrogens is 311 g/mol. The zero-order chi connectivity index (χ0) is 19.2. The molecule has 0 aromatic carbocycles. The largest absolute Gasteiger partial charge is 0.363 e. The van der Waals surface area contributed by atoms with Gasteiger partial charge in [0.2, 0.25) is 0 Å². The number of nitrogens with zero attached hydrogens (tertiary/aromatic N) is 1. The van der Waals surface area contributed by atoms with Crippen molar-refractivity contribution in [2.24, 2.45) is 11.7 Å². The van der Waals surface area contributed by atoms with Crippen molar-refractivity contribution >= 4 is 0 Å². The van der Waals surface area contributed by atoms with E-state index in [1.807, 2.05) is 26.0 Å². The Morgan fingerprint density at radius 1 is 1.40 bits per heavy atom. The van der Waals surface area contributed by atoms with Gasteiger partial charge in [0.25, 0.3) is 0 Å². The quantitative estimate of drug-likeness (QED) is 0.293. The summed E-state index contributed by atoms with van der Waals surface area (Å²) in [5.41, 5.74) is 7.30. The fraction of sp³-hybridized carbons (Fsp3) is 0.545. The van der Waals surface area contributed by atoms with Crippen LogP contribution in [0.3, 0.4) is 0 Å². The molecule has 0 aliphatic carbocycles. The van der Waals surface area contributed by atoms with Crippen LogP contribution < -0.4 is 5.73 Å². The molecule has 2 nitrogen and oxygen atoms in total. The second kappa shape index (κ2) is 13.5. The minimum Gasteiger partial charge on any atom is -0.363 e. The predicted molar refractivity (Wildman–Crippen MR) is 109 cm³/mol. The van der Waals surface area contributed by atoms with Gasteiger partial charge in [-0.05, 0) is 59.1 Å². The molecular formula is C22H35FN2. The van der Waals surface area contributed by atoms with Crippen LogP contribution in [0.15, 0.2) is 48.0 Å². The van der Waals surface area contributed by atoms with Gasteiger partial charge in [-0.1, -0.05) is 37.3 Å². The van der Waals surface area contributed by atoms with Crippen molar-refractivity contribution in [3.63, 3.8) is 0 Å². The van der Waals surface area contributed by atoms with E-state index in [-0.39, 0.29) is 6.04 Å². The molecule has 0 unspecified atom stereocenters. The number of terminal acetylenes is 1. The van der Waals surface area contributed by atoms with Crippen LogP contribution in [0.2, 0.25) is 0 Å². The molecule has 0 amide bonds. The monoisotopic (exact) mass is 346 g/mol. The van der Waals surface area contributed by atoms with Crippen molar-refractivity contribution in [2.45, 2.75) is 59.4 Å². The van der Waals surface area contributed by atoms with Gasteiger partial charge in [0, 0.05) is 18.5 Å². The summed E-state index contributed by atoms with van der Waals surface area (Å²) in [6.45, 7) is 13.1. The molecule has 0 saturated heterocycles. The van der Waals surface area contributed by atoms with Crippen LogP contribution in [0.1, 0.15) is 53.4 Å². The Hall–Kier alpha value is -1.79. The molecule has 0 aromatic heterocycles. The van der Waals surface area contributed by atoms with Gasteiger partial charge in [-0.25, -0.2) is 4.39 Å². The summed E-state index contributed by atoms with van der Waals surface area (Å²) in [5, 5.41) is 0. The number of nitrogens with two attached hydrogens (primary N) is 1. The Labute approximate surface area is 154 Å². The maximum atomic E-state index is 14.0. The third kappa shape index (κ3) is 8.74. The molecule has 0 spiro atoms. The first-order chi connectivity index (χ1) is 11.9. The van der Waals surface area contributed by atoms with Crippen molar-refractivity contribution < 1.29 is 4.39 Å². The van der Waals surface area contributed by atoms with Crippen LogP contribution in [0.5, 0.6) is 0 Å². The highest BCUT2D eigenvalue weighted by atomic mass is 19.1. The van der Waals surface area contributed by atoms with Crippen LogP contribution in [0, 0.1) is 18.3 Å². The highest BCUT2D eigenvalue weighted by Crippen LogP contribution is 2.25. The molecule has 0 bridgehead atoms. The standard InChI is InChI=1S/C22H35FN2/c1-7-18(4)14-13-15-21(8-2)20(6)25(9-3)22(19(5)23)16-11-10-12-17-24/h1,8,10-11,16,18,20H,5,9,12-15,17,24H2,2-4,6H3/b11-10-,21-8+,22-16+/t18-,20-/m0/s1. The zero-order valence-electron chi connectivity index (χ0n) is 16.4. The molecule has 3 heteroatoms. The molecule has 0 rings (SSSR count). The summed E-state index contributed by atoms with van der Waals surface area (Å²) in [6.07, 6.45) is 17.0. The van der Waals surface area contributed by atoms with E-state index in [2.05, 4.69) is 37.3 Å². The average Bonchev–Trinajstić information content (AvgIpc) is 2.60. The summed E-state index contributed by atoms with van der Waals surface area (Å²) < 4.78 is 14.0. The summed E-state index contributed by atoms with van der Waals surface area (Å²) >= 11 is 0. The number of rotatable bonds is 12. The highest BCUT2D eigenvalue weighted by Gasteiger charge is 2.20. The second-order valence-electron chi connectivity index (χ2n) is 6.25. The van der Waals surface area contributed by atoms with E-state index in [1.54, 1.807) is 6.08 Å². The van der Waals surface area contributed by atoms with Gasteiger partial charge in [-0.3, -0.25) is 0 Å². The minimum absolute atomic E-state index is 0.109. The third-order valence-electron chi connectivity index (χ3n) is 4.41. The summed E-state index contributed by atoms with van der Waals surface area (Å²) in [7, 11) is 0. The molecule has 25 heavy (non-hydrogen) atoms. The maximum absolute atomic E-state index is 14.0. The molecule has 2 atom stereocenters. The van der Waals surface area contributed by atoms with Gasteiger partial charge >= 0.3 is 0 Å². The topological polar surface area (TPSA) is 29.3 Å². The van der Waals surface area contributed by atoms with Gasteiger partial charge in [-0.15, -0.1) is 12.3 Å². The Morgan fingerprint density at radius 3 is 2.56 bits per heavy atom. The Bertz CT molecular complexity index is 523. The lowest BCUT2D eigenvalue weighted by Gasteiger charge is -2.33. The van der Waals surface area contributed by atoms with E-state index in [4.69, 9.17) is 12.2 Å². The van der Waals surface area contributed by atoms with Crippen LogP contribution in [0.25, 0.3) is 0 Å². The lowest BCUT2D eigenvalue weighted by Crippen LogP contribution is -2.34. The van der Waals surface area contributed by atoms with E-state index in [1.165, 1.54) is 5.57 Å². The SMILES string of the molecule is C#C[C@H](C)CCC/C(=C\C)[C@H](C)N(CC)/C(=C/C=C\CCN)C(=C)F. The smallest absolute Gasteiger partial charge is 0.139 e. The Kier molecular flexibility index (Phi) is 12.5. The summed E-state index contributed by atoms with van der Waals surface area (Å²) in [4.78, 5) is 2.05. The minimum atomic E-state index is -0.414. The first kappa shape index (κ1) is 23.2. The van der Waals surface area contributed by atoms with E-state index >= 15 is 0 Å². The van der Waals surface area contributed by atoms with Crippen LogP contribution in [-0.2, 0) is 0 Å². The third-order valence-corrected chi connectivity index (χ3v) is 4.41. The number of halogens is 1. The molecule has 0 heterocycles. The Balaban J connectivity index is 5.17. The van der Waals surface area contributed by atoms with Gasteiger partial charge in [0.05, 0.1) is 5.70 Å². The van der Waals surface area contributed by atoms with E-state index in [0.29, 0.717) is 24.7 Å². The van der Waals surface area contributed by atoms with Crippen LogP contribution >= 0.6 is 0 Å².